The summed E-state index contributed by atoms with van der Waals surface area (Å²) in [5, 5.41) is 0.453. The lowest BCUT2D eigenvalue weighted by molar-refractivity contribution is -0.138. The molecule has 0 spiro atoms. The minimum absolute atomic E-state index is 0.0932. The van der Waals surface area contributed by atoms with Crippen LogP contribution in [0.2, 0.25) is 0 Å². The summed E-state index contributed by atoms with van der Waals surface area (Å²) >= 11 is 4.60. The van der Waals surface area contributed by atoms with E-state index in [1.54, 1.807) is 18.9 Å². The average molecular weight is 427 g/mol. The van der Waals surface area contributed by atoms with Crippen molar-refractivity contribution in [1.82, 2.24) is 9.80 Å². The minimum atomic E-state index is -0.514. The lowest BCUT2D eigenvalue weighted by Gasteiger charge is -2.22. The van der Waals surface area contributed by atoms with Crippen LogP contribution in [-0.2, 0) is 25.7 Å². The number of hydrogen-bond donors (Lipinski definition) is 0. The fourth-order valence-electron chi connectivity index (χ4n) is 2.19. The van der Waals surface area contributed by atoms with Crippen molar-refractivity contribution in [1.29, 1.82) is 0 Å². The van der Waals surface area contributed by atoms with Crippen molar-refractivity contribution in [2.24, 2.45) is 0 Å². The molecule has 0 unspecified atom stereocenters. The molecule has 0 N–H and O–H groups in total. The average Bonchev–Trinajstić information content (AvgIpc) is 2.90. The minimum Gasteiger partial charge on any atom is -0.463 e. The molecule has 0 atom stereocenters. The number of nitrogens with zero attached hydrogens (tertiary/aromatic N) is 2. The summed E-state index contributed by atoms with van der Waals surface area (Å²) in [6.45, 7) is 2.32. The Balaban J connectivity index is 2.00. The maximum absolute atomic E-state index is 12.4. The van der Waals surface area contributed by atoms with Crippen LogP contribution in [0.5, 0.6) is 0 Å². The highest BCUT2D eigenvalue weighted by Gasteiger charge is 2.30. The Kier molecular flexibility index (Phi) is 7.07. The van der Waals surface area contributed by atoms with E-state index in [4.69, 9.17) is 4.74 Å². The van der Waals surface area contributed by atoms with Crippen molar-refractivity contribution in [3.63, 3.8) is 0 Å². The van der Waals surface area contributed by atoms with E-state index in [0.29, 0.717) is 11.6 Å². The fourth-order valence-corrected chi connectivity index (χ4v) is 3.39. The molecule has 1 aliphatic rings. The van der Waals surface area contributed by atoms with Crippen molar-refractivity contribution < 1.29 is 19.1 Å². The van der Waals surface area contributed by atoms with Crippen molar-refractivity contribution in [2.75, 3.05) is 26.0 Å². The Morgan fingerprint density at radius 1 is 1.36 bits per heavy atom. The molecular formula is C17H19BrN2O4S. The van der Waals surface area contributed by atoms with Crippen LogP contribution in [-0.4, -0.2) is 53.5 Å². The van der Waals surface area contributed by atoms with E-state index in [-0.39, 0.29) is 30.7 Å². The number of carbonyl (C=O) groups excluding carboxylic acids is 3. The first kappa shape index (κ1) is 19.5. The van der Waals surface area contributed by atoms with E-state index in [1.807, 2.05) is 24.3 Å². The van der Waals surface area contributed by atoms with Crippen molar-refractivity contribution in [3.05, 3.63) is 45.4 Å². The second-order valence-corrected chi connectivity index (χ2v) is 7.29. The Hall–Kier alpha value is -1.80. The number of carbonyl (C=O) groups is 3. The molecule has 6 nitrogen and oxygen atoms in total. The van der Waals surface area contributed by atoms with E-state index < -0.39 is 5.97 Å². The third kappa shape index (κ3) is 5.61. The highest BCUT2D eigenvalue weighted by molar-refractivity contribution is 9.10. The summed E-state index contributed by atoms with van der Waals surface area (Å²) in [6, 6.07) is 7.68. The Bertz CT molecular complexity index is 690. The number of thioether (sulfide) groups is 1. The second kappa shape index (κ2) is 9.05. The number of rotatable bonds is 6. The fraction of sp³-hybridized carbons (Fsp3) is 0.353. The monoisotopic (exact) mass is 426 g/mol. The zero-order valence-corrected chi connectivity index (χ0v) is 16.4. The number of esters is 1. The van der Waals surface area contributed by atoms with E-state index >= 15 is 0 Å². The summed E-state index contributed by atoms with van der Waals surface area (Å²) in [5.41, 5.74) is 0.989. The van der Waals surface area contributed by atoms with Crippen LogP contribution in [0.1, 0.15) is 12.5 Å². The summed E-state index contributed by atoms with van der Waals surface area (Å²) in [7, 11) is 1.69. The van der Waals surface area contributed by atoms with Gasteiger partial charge in [-0.05, 0) is 24.6 Å². The predicted octanol–water partition coefficient (Wildman–Crippen LogP) is 2.39. The van der Waals surface area contributed by atoms with Crippen LogP contribution in [0.25, 0.3) is 0 Å². The van der Waals surface area contributed by atoms with Gasteiger partial charge in [0, 0.05) is 18.1 Å². The number of hydrogen-bond acceptors (Lipinski definition) is 5. The Morgan fingerprint density at radius 2 is 2.04 bits per heavy atom. The van der Waals surface area contributed by atoms with Crippen LogP contribution in [0, 0.1) is 0 Å². The summed E-state index contributed by atoms with van der Waals surface area (Å²) < 4.78 is 5.83. The SMILES string of the molecule is CCOC(=O)/C=C1\SCC(=O)N1CC(=O)N(C)Cc1ccc(Br)cc1. The number of halogens is 1. The molecule has 0 aromatic heterocycles. The van der Waals surface area contributed by atoms with Crippen molar-refractivity contribution in [3.8, 4) is 0 Å². The van der Waals surface area contributed by atoms with Gasteiger partial charge in [-0.1, -0.05) is 39.8 Å². The Labute approximate surface area is 159 Å². The van der Waals surface area contributed by atoms with Crippen molar-refractivity contribution in [2.45, 2.75) is 13.5 Å². The van der Waals surface area contributed by atoms with Gasteiger partial charge in [-0.15, -0.1) is 0 Å². The van der Waals surface area contributed by atoms with Crippen LogP contribution in [0.4, 0.5) is 0 Å². The highest BCUT2D eigenvalue weighted by Crippen LogP contribution is 2.28. The lowest BCUT2D eigenvalue weighted by Crippen LogP contribution is -2.38. The highest BCUT2D eigenvalue weighted by atomic mass is 79.9. The van der Waals surface area contributed by atoms with Gasteiger partial charge in [0.25, 0.3) is 0 Å². The number of benzene rings is 1. The third-order valence-electron chi connectivity index (χ3n) is 3.49. The first-order chi connectivity index (χ1) is 11.9. The number of amides is 2. The molecule has 0 bridgehead atoms. The van der Waals surface area contributed by atoms with Crippen LogP contribution >= 0.6 is 27.7 Å². The standard InChI is InChI=1S/C17H19BrN2O4S/c1-3-24-17(23)8-16-20(15(22)11-25-16)10-14(21)19(2)9-12-4-6-13(18)7-5-12/h4-8H,3,9-11H2,1-2H3/b16-8-. The molecule has 1 aromatic rings. The quantitative estimate of drug-likeness (QED) is 0.515. The van der Waals surface area contributed by atoms with Crippen LogP contribution in [0.15, 0.2) is 39.8 Å². The zero-order valence-electron chi connectivity index (χ0n) is 14.0. The second-order valence-electron chi connectivity index (χ2n) is 5.38. The first-order valence-electron chi connectivity index (χ1n) is 7.70. The summed E-state index contributed by atoms with van der Waals surface area (Å²) in [5.74, 6) is -0.686. The van der Waals surface area contributed by atoms with Gasteiger partial charge in [-0.2, -0.15) is 0 Å². The third-order valence-corrected chi connectivity index (χ3v) is 5.04. The molecule has 1 aliphatic heterocycles. The largest absolute Gasteiger partial charge is 0.463 e. The van der Waals surface area contributed by atoms with Gasteiger partial charge < -0.3 is 9.64 Å². The molecule has 134 valence electrons. The van der Waals surface area contributed by atoms with Gasteiger partial charge in [0.05, 0.1) is 23.5 Å². The van der Waals surface area contributed by atoms with E-state index in [9.17, 15) is 14.4 Å². The van der Waals surface area contributed by atoms with Gasteiger partial charge >= 0.3 is 5.97 Å². The topological polar surface area (TPSA) is 66.9 Å². The molecule has 1 heterocycles. The summed E-state index contributed by atoms with van der Waals surface area (Å²) in [4.78, 5) is 38.9. The molecule has 2 amide bonds. The maximum Gasteiger partial charge on any atom is 0.333 e. The molecule has 1 aromatic carbocycles. The van der Waals surface area contributed by atoms with Crippen LogP contribution < -0.4 is 0 Å². The lowest BCUT2D eigenvalue weighted by atomic mass is 10.2. The van der Waals surface area contributed by atoms with Crippen molar-refractivity contribution >= 4 is 45.5 Å². The number of likely N-dealkylation sites (N-methyl/N-ethyl adjacent to an activating group) is 1. The first-order valence-corrected chi connectivity index (χ1v) is 9.48. The maximum atomic E-state index is 12.4. The molecule has 2 rings (SSSR count). The molecule has 25 heavy (non-hydrogen) atoms. The normalized spacial score (nSPS) is 15.6. The zero-order chi connectivity index (χ0) is 18.4. The molecule has 1 saturated heterocycles. The van der Waals surface area contributed by atoms with Gasteiger partial charge in [0.15, 0.2) is 0 Å². The summed E-state index contributed by atoms with van der Waals surface area (Å²) in [6.07, 6.45) is 1.26. The van der Waals surface area contributed by atoms with E-state index in [0.717, 1.165) is 10.0 Å². The van der Waals surface area contributed by atoms with E-state index in [1.165, 1.54) is 22.7 Å². The van der Waals surface area contributed by atoms with Gasteiger partial charge in [0.1, 0.15) is 6.54 Å². The van der Waals surface area contributed by atoms with Gasteiger partial charge in [0.2, 0.25) is 11.8 Å². The molecule has 0 saturated carbocycles. The Morgan fingerprint density at radius 3 is 2.68 bits per heavy atom. The molecule has 0 aliphatic carbocycles. The number of ether oxygens (including phenoxy) is 1. The predicted molar refractivity (Wildman–Crippen MR) is 99.5 cm³/mol. The van der Waals surface area contributed by atoms with Gasteiger partial charge in [-0.25, -0.2) is 4.79 Å². The molecule has 0 radical (unpaired) electrons. The van der Waals surface area contributed by atoms with E-state index in [2.05, 4.69) is 15.9 Å². The van der Waals surface area contributed by atoms with Gasteiger partial charge in [-0.3, -0.25) is 14.5 Å². The molecule has 1 fully saturated rings. The smallest absolute Gasteiger partial charge is 0.333 e. The van der Waals surface area contributed by atoms with Crippen LogP contribution in [0.3, 0.4) is 0 Å². The molecular weight excluding hydrogens is 408 g/mol. The molecule has 8 heteroatoms.